The third kappa shape index (κ3) is 3.15. The van der Waals surface area contributed by atoms with Crippen molar-refractivity contribution in [3.8, 4) is 5.75 Å². The van der Waals surface area contributed by atoms with E-state index in [1.807, 2.05) is 19.1 Å². The molecule has 0 fully saturated rings. The molecule has 2 amide bonds. The van der Waals surface area contributed by atoms with Crippen molar-refractivity contribution in [1.82, 2.24) is 9.97 Å². The molecule has 3 aromatic rings. The number of carbonyl (C=O) groups is 1. The SMILES string of the molecule is Cc1cc2c(cc1N1Cc3c(ccnc3Cl)NC1=O)OC(c1ncccc1F)CC2. The number of nitrogens with zero attached hydrogens (tertiary/aromatic N) is 3. The lowest BCUT2D eigenvalue weighted by atomic mass is 9.97. The number of nitrogens with one attached hydrogen (secondary N) is 1. The van der Waals surface area contributed by atoms with E-state index in [0.717, 1.165) is 23.1 Å². The van der Waals surface area contributed by atoms with Gasteiger partial charge in [0.05, 0.1) is 17.9 Å². The number of hydrogen-bond donors (Lipinski definition) is 1. The van der Waals surface area contributed by atoms with Crippen molar-refractivity contribution in [2.75, 3.05) is 10.2 Å². The lowest BCUT2D eigenvalue weighted by Gasteiger charge is -2.32. The average molecular weight is 425 g/mol. The average Bonchev–Trinajstić information content (AvgIpc) is 2.73. The zero-order chi connectivity index (χ0) is 20.8. The number of rotatable bonds is 2. The summed E-state index contributed by atoms with van der Waals surface area (Å²) in [6.07, 6.45) is 4.03. The van der Waals surface area contributed by atoms with Gasteiger partial charge in [-0.15, -0.1) is 0 Å². The normalized spacial score (nSPS) is 17.6. The number of ether oxygens (including phenoxy) is 1. The van der Waals surface area contributed by atoms with Gasteiger partial charge in [-0.2, -0.15) is 0 Å². The first kappa shape index (κ1) is 18.8. The minimum atomic E-state index is -0.469. The highest BCUT2D eigenvalue weighted by Crippen LogP contribution is 2.40. The number of aryl methyl sites for hydroxylation is 2. The summed E-state index contributed by atoms with van der Waals surface area (Å²) < 4.78 is 20.3. The second-order valence-corrected chi connectivity index (χ2v) is 7.76. The van der Waals surface area contributed by atoms with Crippen molar-refractivity contribution < 1.29 is 13.9 Å². The molecule has 4 heterocycles. The minimum Gasteiger partial charge on any atom is -0.484 e. The quantitative estimate of drug-likeness (QED) is 0.574. The molecule has 0 aliphatic carbocycles. The molecule has 30 heavy (non-hydrogen) atoms. The Morgan fingerprint density at radius 1 is 1.27 bits per heavy atom. The third-order valence-corrected chi connectivity index (χ3v) is 5.84. The number of anilines is 2. The first-order valence-corrected chi connectivity index (χ1v) is 10.0. The van der Waals surface area contributed by atoms with Crippen LogP contribution in [0.2, 0.25) is 5.15 Å². The molecule has 0 saturated heterocycles. The van der Waals surface area contributed by atoms with E-state index in [4.69, 9.17) is 16.3 Å². The highest BCUT2D eigenvalue weighted by Gasteiger charge is 2.30. The van der Waals surface area contributed by atoms with Gasteiger partial charge in [-0.3, -0.25) is 9.88 Å². The van der Waals surface area contributed by atoms with E-state index in [0.29, 0.717) is 40.9 Å². The fourth-order valence-corrected chi connectivity index (χ4v) is 4.22. The smallest absolute Gasteiger partial charge is 0.326 e. The van der Waals surface area contributed by atoms with Gasteiger partial charge >= 0.3 is 6.03 Å². The molecule has 1 unspecified atom stereocenters. The molecule has 2 aliphatic heterocycles. The molecule has 5 rings (SSSR count). The number of aromatic nitrogens is 2. The Balaban J connectivity index is 1.50. The van der Waals surface area contributed by atoms with Gasteiger partial charge in [0.2, 0.25) is 0 Å². The van der Waals surface area contributed by atoms with Crippen LogP contribution >= 0.6 is 11.6 Å². The Morgan fingerprint density at radius 3 is 2.97 bits per heavy atom. The maximum Gasteiger partial charge on any atom is 0.326 e. The van der Waals surface area contributed by atoms with Crippen molar-refractivity contribution in [1.29, 1.82) is 0 Å². The van der Waals surface area contributed by atoms with E-state index in [9.17, 15) is 9.18 Å². The van der Waals surface area contributed by atoms with Gasteiger partial charge in [0, 0.05) is 24.0 Å². The summed E-state index contributed by atoms with van der Waals surface area (Å²) in [6.45, 7) is 2.25. The standard InChI is InChI=1S/C22H18ClFN4O2/c1-12-9-13-4-5-18(20-15(24)3-2-7-25-20)30-19(13)10-17(12)28-11-14-16(27-22(28)29)6-8-26-21(14)23/h2-3,6-10,18H,4-5,11H2,1H3,(H,27,29). The van der Waals surface area contributed by atoms with Crippen LogP contribution in [0.15, 0.2) is 42.7 Å². The summed E-state index contributed by atoms with van der Waals surface area (Å²) in [4.78, 5) is 22.6. The van der Waals surface area contributed by atoms with Gasteiger partial charge in [0.25, 0.3) is 0 Å². The molecule has 0 spiro atoms. The summed E-state index contributed by atoms with van der Waals surface area (Å²) >= 11 is 6.24. The molecule has 1 aromatic carbocycles. The fraction of sp³-hybridized carbons (Fsp3) is 0.227. The predicted molar refractivity (Wildman–Crippen MR) is 112 cm³/mol. The van der Waals surface area contributed by atoms with Crippen molar-refractivity contribution in [2.24, 2.45) is 0 Å². The molecule has 1 N–H and O–H groups in total. The molecular weight excluding hydrogens is 407 g/mol. The molecular formula is C22H18ClFN4O2. The zero-order valence-electron chi connectivity index (χ0n) is 16.2. The first-order chi connectivity index (χ1) is 14.5. The van der Waals surface area contributed by atoms with E-state index < -0.39 is 6.10 Å². The number of benzene rings is 1. The van der Waals surface area contributed by atoms with Crippen molar-refractivity contribution in [3.63, 3.8) is 0 Å². The van der Waals surface area contributed by atoms with E-state index in [1.54, 1.807) is 29.4 Å². The maximum atomic E-state index is 14.2. The van der Waals surface area contributed by atoms with Gasteiger partial charge in [-0.05, 0) is 49.1 Å². The van der Waals surface area contributed by atoms with Crippen LogP contribution in [0, 0.1) is 12.7 Å². The van der Waals surface area contributed by atoms with E-state index >= 15 is 0 Å². The van der Waals surface area contributed by atoms with Gasteiger partial charge in [-0.1, -0.05) is 17.7 Å². The molecule has 6 nitrogen and oxygen atoms in total. The first-order valence-electron chi connectivity index (χ1n) is 9.64. The number of carbonyl (C=O) groups excluding carboxylic acids is 1. The second-order valence-electron chi connectivity index (χ2n) is 7.41. The van der Waals surface area contributed by atoms with Crippen LogP contribution in [0.4, 0.5) is 20.6 Å². The van der Waals surface area contributed by atoms with E-state index in [-0.39, 0.29) is 11.8 Å². The third-order valence-electron chi connectivity index (χ3n) is 5.51. The number of pyridine rings is 2. The van der Waals surface area contributed by atoms with Gasteiger partial charge < -0.3 is 10.1 Å². The van der Waals surface area contributed by atoms with Crippen molar-refractivity contribution >= 4 is 29.0 Å². The van der Waals surface area contributed by atoms with Crippen LogP contribution in [0.1, 0.15) is 34.9 Å². The summed E-state index contributed by atoms with van der Waals surface area (Å²) in [5.41, 5.74) is 4.39. The Bertz CT molecular complexity index is 1170. The van der Waals surface area contributed by atoms with Gasteiger partial charge in [-0.25, -0.2) is 14.2 Å². The molecule has 0 bridgehead atoms. The molecule has 2 aliphatic rings. The van der Waals surface area contributed by atoms with Crippen LogP contribution in [-0.2, 0) is 13.0 Å². The fourth-order valence-electron chi connectivity index (χ4n) is 4.00. The Morgan fingerprint density at radius 2 is 2.13 bits per heavy atom. The van der Waals surface area contributed by atoms with Crippen LogP contribution < -0.4 is 15.0 Å². The van der Waals surface area contributed by atoms with Crippen LogP contribution in [0.3, 0.4) is 0 Å². The van der Waals surface area contributed by atoms with Crippen LogP contribution in [-0.4, -0.2) is 16.0 Å². The van der Waals surface area contributed by atoms with Gasteiger partial charge in [0.15, 0.2) is 0 Å². The zero-order valence-corrected chi connectivity index (χ0v) is 16.9. The molecule has 152 valence electrons. The topological polar surface area (TPSA) is 67.4 Å². The van der Waals surface area contributed by atoms with E-state index in [1.165, 1.54) is 6.07 Å². The molecule has 0 saturated carbocycles. The van der Waals surface area contributed by atoms with Crippen LogP contribution in [0.5, 0.6) is 5.75 Å². The number of hydrogen-bond acceptors (Lipinski definition) is 4. The largest absolute Gasteiger partial charge is 0.484 e. The predicted octanol–water partition coefficient (Wildman–Crippen LogP) is 5.20. The lowest BCUT2D eigenvalue weighted by molar-refractivity contribution is 0.167. The second kappa shape index (κ2) is 7.25. The lowest BCUT2D eigenvalue weighted by Crippen LogP contribution is -2.39. The molecule has 8 heteroatoms. The number of urea groups is 1. The summed E-state index contributed by atoms with van der Waals surface area (Å²) in [6, 6.07) is 8.27. The van der Waals surface area contributed by atoms with Crippen molar-refractivity contribution in [3.05, 3.63) is 76.1 Å². The highest BCUT2D eigenvalue weighted by molar-refractivity contribution is 6.31. The maximum absolute atomic E-state index is 14.2. The highest BCUT2D eigenvalue weighted by atomic mass is 35.5. The molecule has 0 radical (unpaired) electrons. The molecule has 2 aromatic heterocycles. The number of amides is 2. The van der Waals surface area contributed by atoms with E-state index in [2.05, 4.69) is 15.3 Å². The Hall–Kier alpha value is -3.19. The summed E-state index contributed by atoms with van der Waals surface area (Å²) in [5.74, 6) is 0.250. The Labute approximate surface area is 177 Å². The monoisotopic (exact) mass is 424 g/mol. The number of fused-ring (bicyclic) bond motifs is 2. The van der Waals surface area contributed by atoms with Crippen molar-refractivity contribution in [2.45, 2.75) is 32.4 Å². The van der Waals surface area contributed by atoms with Gasteiger partial charge in [0.1, 0.15) is 28.5 Å². The Kier molecular flexibility index (Phi) is 4.55. The number of halogens is 2. The van der Waals surface area contributed by atoms with Crippen LogP contribution in [0.25, 0.3) is 0 Å². The minimum absolute atomic E-state index is 0.254. The summed E-state index contributed by atoms with van der Waals surface area (Å²) in [5, 5.41) is 3.22. The summed E-state index contributed by atoms with van der Waals surface area (Å²) in [7, 11) is 0. The molecule has 1 atom stereocenters.